The van der Waals surface area contributed by atoms with Crippen LogP contribution in [0.15, 0.2) is 45.2 Å². The lowest BCUT2D eigenvalue weighted by molar-refractivity contribution is -0.142. The zero-order valence-electron chi connectivity index (χ0n) is 16.5. The SMILES string of the molecule is CCOC(=O)CCN1C(=CC=C2SC(=S)N(CC)C2=O)Sc2ccc(OC)cc21. The van der Waals surface area contributed by atoms with Crippen molar-refractivity contribution in [2.75, 3.05) is 31.7 Å². The summed E-state index contributed by atoms with van der Waals surface area (Å²) in [5.74, 6) is 0.437. The molecule has 2 heterocycles. The molecule has 0 spiro atoms. The number of likely N-dealkylation sites (N-methyl/N-ethyl adjacent to an activating group) is 1. The predicted molar refractivity (Wildman–Crippen MR) is 121 cm³/mol. The number of fused-ring (bicyclic) bond motifs is 1. The Hall–Kier alpha value is -1.97. The molecule has 1 amide bonds. The minimum absolute atomic E-state index is 0.0698. The lowest BCUT2D eigenvalue weighted by atomic mass is 10.2. The molecule has 29 heavy (non-hydrogen) atoms. The molecule has 1 aromatic rings. The molecule has 2 aliphatic heterocycles. The molecule has 0 aliphatic carbocycles. The van der Waals surface area contributed by atoms with Crippen LogP contribution >= 0.6 is 35.7 Å². The Balaban J connectivity index is 1.87. The number of hydrogen-bond donors (Lipinski definition) is 0. The highest BCUT2D eigenvalue weighted by Gasteiger charge is 2.31. The van der Waals surface area contributed by atoms with Crippen LogP contribution in [0, 0.1) is 0 Å². The van der Waals surface area contributed by atoms with E-state index in [4.69, 9.17) is 21.7 Å². The van der Waals surface area contributed by atoms with Crippen LogP contribution < -0.4 is 9.64 Å². The average Bonchev–Trinajstić information content (AvgIpc) is 3.19. The fourth-order valence-electron chi connectivity index (χ4n) is 2.93. The summed E-state index contributed by atoms with van der Waals surface area (Å²) >= 11 is 8.17. The molecule has 1 saturated heterocycles. The van der Waals surface area contributed by atoms with Crippen molar-refractivity contribution in [3.05, 3.63) is 40.3 Å². The molecule has 0 radical (unpaired) electrons. The van der Waals surface area contributed by atoms with Gasteiger partial charge < -0.3 is 14.4 Å². The van der Waals surface area contributed by atoms with Gasteiger partial charge in [0.2, 0.25) is 0 Å². The number of thiocarbonyl (C=S) groups is 1. The summed E-state index contributed by atoms with van der Waals surface area (Å²) in [6, 6.07) is 5.85. The van der Waals surface area contributed by atoms with Gasteiger partial charge in [-0.2, -0.15) is 0 Å². The number of thioether (sulfide) groups is 2. The maximum absolute atomic E-state index is 12.4. The quantitative estimate of drug-likeness (QED) is 0.349. The third-order valence-electron chi connectivity index (χ3n) is 4.35. The minimum Gasteiger partial charge on any atom is -0.497 e. The van der Waals surface area contributed by atoms with Gasteiger partial charge in [-0.15, -0.1) is 0 Å². The molecule has 0 aromatic heterocycles. The zero-order valence-corrected chi connectivity index (χ0v) is 18.9. The molecule has 0 bridgehead atoms. The second-order valence-corrected chi connectivity index (χ2v) is 8.83. The number of esters is 1. The maximum atomic E-state index is 12.4. The third-order valence-corrected chi connectivity index (χ3v) is 6.88. The van der Waals surface area contributed by atoms with E-state index in [9.17, 15) is 9.59 Å². The Kier molecular flexibility index (Phi) is 7.26. The Morgan fingerprint density at radius 2 is 2.00 bits per heavy atom. The second-order valence-electron chi connectivity index (χ2n) is 6.10. The average molecular weight is 451 g/mol. The molecule has 1 aromatic carbocycles. The number of rotatable bonds is 7. The van der Waals surface area contributed by atoms with Crippen LogP contribution in [0.2, 0.25) is 0 Å². The van der Waals surface area contributed by atoms with Gasteiger partial charge in [0.15, 0.2) is 0 Å². The molecule has 0 atom stereocenters. The first-order chi connectivity index (χ1) is 14.0. The Morgan fingerprint density at radius 3 is 2.66 bits per heavy atom. The molecule has 154 valence electrons. The van der Waals surface area contributed by atoms with Crippen molar-refractivity contribution < 1.29 is 19.1 Å². The van der Waals surface area contributed by atoms with Crippen LogP contribution in [0.5, 0.6) is 5.75 Å². The van der Waals surface area contributed by atoms with Gasteiger partial charge in [-0.3, -0.25) is 14.5 Å². The number of anilines is 1. The highest BCUT2D eigenvalue weighted by Crippen LogP contribution is 2.47. The summed E-state index contributed by atoms with van der Waals surface area (Å²) in [7, 11) is 1.62. The van der Waals surface area contributed by atoms with Crippen molar-refractivity contribution in [1.29, 1.82) is 0 Å². The topological polar surface area (TPSA) is 59.1 Å². The van der Waals surface area contributed by atoms with Crippen LogP contribution in [-0.4, -0.2) is 47.9 Å². The van der Waals surface area contributed by atoms with Crippen molar-refractivity contribution in [3.63, 3.8) is 0 Å². The largest absolute Gasteiger partial charge is 0.497 e. The van der Waals surface area contributed by atoms with E-state index in [0.29, 0.717) is 28.9 Å². The van der Waals surface area contributed by atoms with E-state index < -0.39 is 0 Å². The first-order valence-electron chi connectivity index (χ1n) is 9.23. The van der Waals surface area contributed by atoms with Gasteiger partial charge in [0.1, 0.15) is 10.1 Å². The smallest absolute Gasteiger partial charge is 0.307 e. The standard InChI is InChI=1S/C20H22N2O4S3/c1-4-21-19(24)16(29-20(21)27)8-9-17-22(11-10-18(23)26-5-2)14-12-13(25-3)6-7-15(14)28-17/h6-9,12H,4-5,10-11H2,1-3H3. The predicted octanol–water partition coefficient (Wildman–Crippen LogP) is 4.17. The fourth-order valence-corrected chi connectivity index (χ4v) is 5.33. The van der Waals surface area contributed by atoms with E-state index in [1.807, 2.05) is 31.2 Å². The lowest BCUT2D eigenvalue weighted by Crippen LogP contribution is -2.27. The molecule has 0 N–H and O–H groups in total. The van der Waals surface area contributed by atoms with Gasteiger partial charge >= 0.3 is 5.97 Å². The van der Waals surface area contributed by atoms with Crippen molar-refractivity contribution in [2.24, 2.45) is 0 Å². The molecular weight excluding hydrogens is 428 g/mol. The molecular formula is C20H22N2O4S3. The van der Waals surface area contributed by atoms with Crippen molar-refractivity contribution in [2.45, 2.75) is 25.2 Å². The summed E-state index contributed by atoms with van der Waals surface area (Å²) in [6.07, 6.45) is 3.97. The number of hydrogen-bond acceptors (Lipinski definition) is 8. The van der Waals surface area contributed by atoms with E-state index in [1.54, 1.807) is 36.8 Å². The van der Waals surface area contributed by atoms with Crippen molar-refractivity contribution in [3.8, 4) is 5.75 Å². The summed E-state index contributed by atoms with van der Waals surface area (Å²) < 4.78 is 11.0. The summed E-state index contributed by atoms with van der Waals surface area (Å²) in [5, 5.41) is 0.930. The number of amides is 1. The number of carbonyl (C=O) groups excluding carboxylic acids is 2. The van der Waals surface area contributed by atoms with Crippen LogP contribution in [0.3, 0.4) is 0 Å². The van der Waals surface area contributed by atoms with Gasteiger partial charge in [-0.1, -0.05) is 35.7 Å². The fraction of sp³-hybridized carbons (Fsp3) is 0.350. The van der Waals surface area contributed by atoms with E-state index >= 15 is 0 Å². The van der Waals surface area contributed by atoms with Gasteiger partial charge in [0.25, 0.3) is 5.91 Å². The van der Waals surface area contributed by atoms with E-state index in [-0.39, 0.29) is 18.3 Å². The highest BCUT2D eigenvalue weighted by molar-refractivity contribution is 8.26. The number of benzene rings is 1. The van der Waals surface area contributed by atoms with E-state index in [0.717, 1.165) is 21.4 Å². The van der Waals surface area contributed by atoms with E-state index in [2.05, 4.69) is 4.90 Å². The molecule has 6 nitrogen and oxygen atoms in total. The Bertz CT molecular complexity index is 898. The van der Waals surface area contributed by atoms with Crippen LogP contribution in [-0.2, 0) is 14.3 Å². The molecule has 0 saturated carbocycles. The number of nitrogens with zero attached hydrogens (tertiary/aromatic N) is 2. The zero-order chi connectivity index (χ0) is 21.0. The molecule has 2 aliphatic rings. The number of carbonyl (C=O) groups is 2. The van der Waals surface area contributed by atoms with Gasteiger partial charge in [-0.05, 0) is 38.1 Å². The van der Waals surface area contributed by atoms with Gasteiger partial charge in [0.05, 0.1) is 35.8 Å². The van der Waals surface area contributed by atoms with Crippen LogP contribution in [0.1, 0.15) is 20.3 Å². The van der Waals surface area contributed by atoms with Crippen LogP contribution in [0.4, 0.5) is 5.69 Å². The molecule has 0 unspecified atom stereocenters. The number of ether oxygens (including phenoxy) is 2. The summed E-state index contributed by atoms with van der Waals surface area (Å²) in [5.41, 5.74) is 0.972. The Morgan fingerprint density at radius 1 is 1.21 bits per heavy atom. The van der Waals surface area contributed by atoms with Gasteiger partial charge in [0, 0.05) is 24.1 Å². The van der Waals surface area contributed by atoms with Crippen molar-refractivity contribution >= 4 is 57.6 Å². The summed E-state index contributed by atoms with van der Waals surface area (Å²) in [4.78, 5) is 29.6. The first-order valence-corrected chi connectivity index (χ1v) is 11.3. The monoisotopic (exact) mass is 450 g/mol. The van der Waals surface area contributed by atoms with Crippen molar-refractivity contribution in [1.82, 2.24) is 4.90 Å². The number of allylic oxidation sites excluding steroid dienone is 2. The summed E-state index contributed by atoms with van der Waals surface area (Å²) in [6.45, 7) is 5.09. The number of methoxy groups -OCH3 is 1. The third kappa shape index (κ3) is 4.79. The normalized spacial score (nSPS) is 18.7. The maximum Gasteiger partial charge on any atom is 0.307 e. The second kappa shape index (κ2) is 9.69. The minimum atomic E-state index is -0.239. The molecule has 1 fully saturated rings. The molecule has 3 rings (SSSR count). The highest BCUT2D eigenvalue weighted by atomic mass is 32.2. The molecule has 9 heteroatoms. The van der Waals surface area contributed by atoms with Crippen LogP contribution in [0.25, 0.3) is 0 Å². The van der Waals surface area contributed by atoms with Gasteiger partial charge in [-0.25, -0.2) is 0 Å². The lowest BCUT2D eigenvalue weighted by Gasteiger charge is -2.20. The van der Waals surface area contributed by atoms with E-state index in [1.165, 1.54) is 11.8 Å². The first kappa shape index (κ1) is 21.7. The Labute approximate surface area is 184 Å².